The van der Waals surface area contributed by atoms with Crippen molar-refractivity contribution >= 4 is 38.0 Å². The molecule has 11 heteroatoms. The van der Waals surface area contributed by atoms with Crippen LogP contribution in [0.3, 0.4) is 0 Å². The average molecular weight is 624 g/mol. The van der Waals surface area contributed by atoms with E-state index in [4.69, 9.17) is 0 Å². The summed E-state index contributed by atoms with van der Waals surface area (Å²) < 4.78 is 51.2. The van der Waals surface area contributed by atoms with E-state index in [1.54, 1.807) is 38.1 Å². The summed E-state index contributed by atoms with van der Waals surface area (Å²) in [5.74, 6) is 0.190. The van der Waals surface area contributed by atoms with Crippen LogP contribution in [0.25, 0.3) is 0 Å². The van der Waals surface area contributed by atoms with Crippen molar-refractivity contribution in [1.29, 1.82) is 0 Å². The predicted molar refractivity (Wildman–Crippen MR) is 163 cm³/mol. The molecule has 3 aliphatic heterocycles. The molecule has 1 amide bonds. The summed E-state index contributed by atoms with van der Waals surface area (Å²) in [5, 5.41) is 2.39. The molecule has 1 N–H and O–H groups in total. The first-order valence-corrected chi connectivity index (χ1v) is 17.7. The molecule has 5 rings (SSSR count). The topological polar surface area (TPSA) is 104 Å². The second-order valence-corrected chi connectivity index (χ2v) is 16.7. The zero-order valence-electron chi connectivity index (χ0n) is 24.0. The molecular weight excluding hydrogens is 582 g/mol. The summed E-state index contributed by atoms with van der Waals surface area (Å²) in [6.45, 7) is 7.23. The Morgan fingerprint density at radius 3 is 2.10 bits per heavy atom. The van der Waals surface area contributed by atoms with Gasteiger partial charge >= 0.3 is 0 Å². The quantitative estimate of drug-likeness (QED) is 0.480. The van der Waals surface area contributed by atoms with Gasteiger partial charge < -0.3 is 10.2 Å². The monoisotopic (exact) mass is 623 g/mol. The third-order valence-corrected chi connectivity index (χ3v) is 13.1. The lowest BCUT2D eigenvalue weighted by Gasteiger charge is -2.44. The van der Waals surface area contributed by atoms with Gasteiger partial charge in [-0.2, -0.15) is 0 Å². The minimum atomic E-state index is -3.43. The van der Waals surface area contributed by atoms with Gasteiger partial charge in [-0.25, -0.2) is 16.8 Å². The van der Waals surface area contributed by atoms with Crippen LogP contribution in [0.1, 0.15) is 50.2 Å². The highest BCUT2D eigenvalue weighted by Crippen LogP contribution is 2.44. The Kier molecular flexibility index (Phi) is 9.60. The predicted octanol–water partition coefficient (Wildman–Crippen LogP) is 3.48. The van der Waals surface area contributed by atoms with Crippen molar-refractivity contribution in [3.8, 4) is 0 Å². The zero-order valence-corrected chi connectivity index (χ0v) is 26.5. The molecule has 3 atom stereocenters. The van der Waals surface area contributed by atoms with Crippen molar-refractivity contribution in [1.82, 2.24) is 15.1 Å². The Morgan fingerprint density at radius 1 is 0.902 bits per heavy atom. The maximum atomic E-state index is 13.8. The molecule has 0 bridgehead atoms. The fourth-order valence-corrected chi connectivity index (χ4v) is 9.43. The molecule has 0 radical (unpaired) electrons. The van der Waals surface area contributed by atoms with Crippen LogP contribution in [-0.4, -0.2) is 82.1 Å². The Morgan fingerprint density at radius 2 is 1.51 bits per heavy atom. The van der Waals surface area contributed by atoms with E-state index in [0.29, 0.717) is 45.6 Å². The highest BCUT2D eigenvalue weighted by molar-refractivity contribution is 7.92. The minimum absolute atomic E-state index is 0. The number of benzene rings is 2. The molecule has 41 heavy (non-hydrogen) atoms. The van der Waals surface area contributed by atoms with E-state index in [2.05, 4.69) is 22.3 Å². The maximum Gasteiger partial charge on any atom is 0.229 e. The van der Waals surface area contributed by atoms with Gasteiger partial charge in [-0.15, -0.1) is 12.4 Å². The number of hydrogen-bond donors (Lipinski definition) is 1. The van der Waals surface area contributed by atoms with Crippen LogP contribution in [0.4, 0.5) is 0 Å². The van der Waals surface area contributed by atoms with Crippen molar-refractivity contribution in [2.45, 2.75) is 61.1 Å². The van der Waals surface area contributed by atoms with E-state index < -0.39 is 35.7 Å². The summed E-state index contributed by atoms with van der Waals surface area (Å²) in [6, 6.07) is 16.9. The van der Waals surface area contributed by atoms with Gasteiger partial charge in [0.1, 0.15) is 5.37 Å². The van der Waals surface area contributed by atoms with E-state index >= 15 is 0 Å². The fraction of sp³-hybridized carbons (Fsp3) is 0.567. The maximum absolute atomic E-state index is 13.8. The van der Waals surface area contributed by atoms with E-state index in [0.717, 1.165) is 18.5 Å². The summed E-state index contributed by atoms with van der Waals surface area (Å²) in [4.78, 5) is 18.0. The van der Waals surface area contributed by atoms with E-state index in [1.165, 1.54) is 11.8 Å². The number of halogens is 1. The molecule has 2 aromatic carbocycles. The van der Waals surface area contributed by atoms with E-state index in [-0.39, 0.29) is 35.0 Å². The number of rotatable bonds is 8. The van der Waals surface area contributed by atoms with Crippen molar-refractivity contribution in [3.05, 3.63) is 65.7 Å². The van der Waals surface area contributed by atoms with Gasteiger partial charge in [0.15, 0.2) is 19.7 Å². The zero-order chi connectivity index (χ0) is 28.7. The van der Waals surface area contributed by atoms with Gasteiger partial charge in [-0.05, 0) is 56.4 Å². The number of piperidine rings is 1. The van der Waals surface area contributed by atoms with Crippen molar-refractivity contribution < 1.29 is 21.6 Å². The number of nitrogens with one attached hydrogen (secondary N) is 1. The Labute approximate surface area is 251 Å². The van der Waals surface area contributed by atoms with Crippen molar-refractivity contribution in [2.75, 3.05) is 39.0 Å². The number of amides is 1. The molecule has 3 heterocycles. The highest BCUT2D eigenvalue weighted by atomic mass is 35.5. The van der Waals surface area contributed by atoms with Gasteiger partial charge in [0.25, 0.3) is 0 Å². The molecule has 1 unspecified atom stereocenters. The lowest BCUT2D eigenvalue weighted by Crippen LogP contribution is -2.55. The number of likely N-dealkylation sites (tertiary alicyclic amines) is 2. The highest BCUT2D eigenvalue weighted by Gasteiger charge is 2.52. The third kappa shape index (κ3) is 6.37. The molecular formula is C30H42ClN3O5S2. The lowest BCUT2D eigenvalue weighted by atomic mass is 9.76. The van der Waals surface area contributed by atoms with E-state index in [1.807, 2.05) is 23.1 Å². The SMILES string of the molecule is CC(C)S(=O)(=O)C([C@@H]1CNC[C@@H]1c1ccccc1)N1CCC2(CCN(Cc3ccc(S(C)(=O)=O)cc3)C2=O)CC1.Cl. The van der Waals surface area contributed by atoms with Gasteiger partial charge in [-0.3, -0.25) is 9.69 Å². The molecule has 226 valence electrons. The molecule has 0 aromatic heterocycles. The van der Waals surface area contributed by atoms with Crippen LogP contribution in [0, 0.1) is 11.3 Å². The molecule has 2 aromatic rings. The van der Waals surface area contributed by atoms with Gasteiger partial charge in [-0.1, -0.05) is 42.5 Å². The second-order valence-electron chi connectivity index (χ2n) is 12.1. The lowest BCUT2D eigenvalue weighted by molar-refractivity contribution is -0.139. The summed E-state index contributed by atoms with van der Waals surface area (Å²) in [7, 11) is -6.70. The summed E-state index contributed by atoms with van der Waals surface area (Å²) in [6.07, 6.45) is 3.25. The molecule has 0 saturated carbocycles. The second kappa shape index (κ2) is 12.3. The van der Waals surface area contributed by atoms with Crippen LogP contribution in [0.5, 0.6) is 0 Å². The minimum Gasteiger partial charge on any atom is -0.338 e. The number of nitrogens with zero attached hydrogens (tertiary/aromatic N) is 2. The number of hydrogen-bond acceptors (Lipinski definition) is 7. The molecule has 8 nitrogen and oxygen atoms in total. The van der Waals surface area contributed by atoms with Crippen LogP contribution in [0.15, 0.2) is 59.5 Å². The van der Waals surface area contributed by atoms with Crippen LogP contribution in [-0.2, 0) is 31.0 Å². The van der Waals surface area contributed by atoms with Gasteiger partial charge in [0.05, 0.1) is 15.6 Å². The largest absolute Gasteiger partial charge is 0.338 e. The molecule has 3 fully saturated rings. The van der Waals surface area contributed by atoms with Crippen LogP contribution < -0.4 is 5.32 Å². The number of carbonyl (C=O) groups excluding carboxylic acids is 1. The van der Waals surface area contributed by atoms with Gasteiger partial charge in [0.2, 0.25) is 5.91 Å². The Balaban J connectivity index is 0.00000387. The summed E-state index contributed by atoms with van der Waals surface area (Å²) >= 11 is 0. The third-order valence-electron chi connectivity index (χ3n) is 9.29. The molecule has 3 aliphatic rings. The number of sulfone groups is 2. The smallest absolute Gasteiger partial charge is 0.229 e. The fourth-order valence-electron chi connectivity index (χ4n) is 6.84. The average Bonchev–Trinajstić information content (AvgIpc) is 3.51. The standard InChI is InChI=1S/C30H41N3O5S2.ClH/c1-22(2)40(37,38)28(27-20-31-19-26(27)24-7-5-4-6-8-24)32-16-13-30(14-17-32)15-18-33(29(30)34)21-23-9-11-25(12-10-23)39(3,35)36;/h4-12,22,26-28,31H,13-21H2,1-3H3;1H/t26-,27-,28?;/m1./s1. The normalized spacial score (nSPS) is 24.1. The van der Waals surface area contributed by atoms with Crippen LogP contribution in [0.2, 0.25) is 0 Å². The first-order chi connectivity index (χ1) is 18.9. The molecule has 3 saturated heterocycles. The molecule has 0 aliphatic carbocycles. The van der Waals surface area contributed by atoms with Gasteiger partial charge in [0, 0.05) is 57.4 Å². The summed E-state index contributed by atoms with van der Waals surface area (Å²) in [5.41, 5.74) is 1.61. The van der Waals surface area contributed by atoms with Crippen molar-refractivity contribution in [2.24, 2.45) is 11.3 Å². The first kappa shape index (κ1) is 31.9. The first-order valence-electron chi connectivity index (χ1n) is 14.2. The molecule has 1 spiro atoms. The Bertz CT molecular complexity index is 1420. The Hall–Kier alpha value is -1.98. The van der Waals surface area contributed by atoms with E-state index in [9.17, 15) is 21.6 Å². The van der Waals surface area contributed by atoms with Crippen molar-refractivity contribution in [3.63, 3.8) is 0 Å². The number of carbonyl (C=O) groups is 1. The van der Waals surface area contributed by atoms with Crippen LogP contribution >= 0.6 is 12.4 Å².